The molecule has 5 aromatic carbocycles. The predicted octanol–water partition coefficient (Wildman–Crippen LogP) is 7.70. The third-order valence-electron chi connectivity index (χ3n) is 10.1. The summed E-state index contributed by atoms with van der Waals surface area (Å²) >= 11 is 0. The van der Waals surface area contributed by atoms with E-state index in [2.05, 4.69) is 26.0 Å². The van der Waals surface area contributed by atoms with Crippen molar-refractivity contribution in [1.29, 1.82) is 0 Å². The predicted molar refractivity (Wildman–Crippen MR) is 199 cm³/mol. The number of fused-ring (bicyclic) bond motifs is 8. The van der Waals surface area contributed by atoms with Crippen LogP contribution in [-0.4, -0.2) is 65.9 Å². The summed E-state index contributed by atoms with van der Waals surface area (Å²) in [5.74, 6) is 2.92. The van der Waals surface area contributed by atoms with Crippen LogP contribution in [0.25, 0.3) is 28.0 Å². The lowest BCUT2D eigenvalue weighted by molar-refractivity contribution is 0.0258. The largest absolute Gasteiger partial charge is 0.497 e. The van der Waals surface area contributed by atoms with Crippen LogP contribution in [0.5, 0.6) is 28.7 Å². The highest BCUT2D eigenvalue weighted by atomic mass is 16.6. The number of benzene rings is 5. The van der Waals surface area contributed by atoms with Gasteiger partial charge in [0, 0.05) is 27.5 Å². The molecule has 0 radical (unpaired) electrons. The van der Waals surface area contributed by atoms with Crippen molar-refractivity contribution < 1.29 is 43.1 Å². The molecule has 0 atom stereocenters. The van der Waals surface area contributed by atoms with E-state index in [4.69, 9.17) is 38.3 Å². The first-order valence-electron chi connectivity index (χ1n) is 17.1. The normalized spacial score (nSPS) is 14.5. The Morgan fingerprint density at radius 1 is 0.731 bits per heavy atom. The summed E-state index contributed by atoms with van der Waals surface area (Å²) in [5.41, 5.74) is 5.81. The molecule has 52 heavy (non-hydrogen) atoms. The maximum atomic E-state index is 13.2. The molecule has 0 amide bonds. The molecule has 0 aromatic heterocycles. The number of aliphatic hydroxyl groups is 1. The fourth-order valence-corrected chi connectivity index (χ4v) is 7.53. The summed E-state index contributed by atoms with van der Waals surface area (Å²) in [6, 6.07) is 25.6. The van der Waals surface area contributed by atoms with Crippen LogP contribution in [0.1, 0.15) is 52.0 Å². The van der Waals surface area contributed by atoms with Gasteiger partial charge in [0.25, 0.3) is 0 Å². The molecule has 0 saturated heterocycles. The molecule has 268 valence electrons. The van der Waals surface area contributed by atoms with Crippen molar-refractivity contribution in [2.24, 2.45) is 0 Å². The lowest BCUT2D eigenvalue weighted by atomic mass is 9.76. The molecule has 7 rings (SSSR count). The number of carbonyl (C=O) groups is 1. The Morgan fingerprint density at radius 3 is 1.92 bits per heavy atom. The number of hydrogen-bond acceptors (Lipinski definition) is 9. The van der Waals surface area contributed by atoms with E-state index in [1.165, 1.54) is 0 Å². The Bertz CT molecular complexity index is 2120. The molecular weight excluding hydrogens is 660 g/mol. The van der Waals surface area contributed by atoms with Crippen molar-refractivity contribution in [3.8, 4) is 39.9 Å². The average molecular weight is 703 g/mol. The summed E-state index contributed by atoms with van der Waals surface area (Å²) in [4.78, 5) is 13.2. The van der Waals surface area contributed by atoms with E-state index in [9.17, 15) is 4.79 Å². The van der Waals surface area contributed by atoms with Crippen molar-refractivity contribution in [2.45, 2.75) is 24.9 Å². The maximum Gasteiger partial charge on any atom is 0.338 e. The Balaban J connectivity index is 1.44. The number of aliphatic hydroxyl groups excluding tert-OH is 1. The zero-order valence-corrected chi connectivity index (χ0v) is 30.2. The van der Waals surface area contributed by atoms with Crippen LogP contribution in [0, 0.1) is 0 Å². The lowest BCUT2D eigenvalue weighted by Gasteiger charge is -2.38. The Morgan fingerprint density at radius 2 is 1.35 bits per heavy atom. The van der Waals surface area contributed by atoms with Crippen LogP contribution < -0.4 is 23.7 Å². The van der Waals surface area contributed by atoms with Gasteiger partial charge < -0.3 is 38.3 Å². The van der Waals surface area contributed by atoms with Gasteiger partial charge in [0.1, 0.15) is 23.9 Å². The van der Waals surface area contributed by atoms with Gasteiger partial charge in [-0.3, -0.25) is 0 Å². The maximum absolute atomic E-state index is 13.2. The molecular formula is C43H42O9. The van der Waals surface area contributed by atoms with Crippen molar-refractivity contribution in [3.05, 3.63) is 118 Å². The van der Waals surface area contributed by atoms with Gasteiger partial charge in [-0.15, -0.1) is 0 Å². The number of rotatable bonds is 12. The summed E-state index contributed by atoms with van der Waals surface area (Å²) < 4.78 is 40.9. The minimum Gasteiger partial charge on any atom is -0.497 e. The molecule has 1 aliphatic heterocycles. The highest BCUT2D eigenvalue weighted by Crippen LogP contribution is 2.59. The topological polar surface area (TPSA) is 102 Å². The second kappa shape index (κ2) is 13.9. The van der Waals surface area contributed by atoms with Crippen LogP contribution in [0.4, 0.5) is 0 Å². The number of ether oxygens (including phenoxy) is 7. The first kappa shape index (κ1) is 34.9. The van der Waals surface area contributed by atoms with Gasteiger partial charge in [-0.1, -0.05) is 50.3 Å². The molecule has 0 unspecified atom stereocenters. The molecule has 0 bridgehead atoms. The van der Waals surface area contributed by atoms with E-state index in [0.717, 1.165) is 61.2 Å². The molecule has 1 heterocycles. The van der Waals surface area contributed by atoms with Crippen molar-refractivity contribution in [3.63, 3.8) is 0 Å². The second-order valence-corrected chi connectivity index (χ2v) is 13.2. The fraction of sp³-hybridized carbons (Fsp3) is 0.279. The molecule has 5 aromatic rings. The van der Waals surface area contributed by atoms with E-state index in [1.807, 2.05) is 72.8 Å². The number of methoxy groups -OCH3 is 4. The summed E-state index contributed by atoms with van der Waals surface area (Å²) in [6.07, 6.45) is 4.28. The molecule has 9 heteroatoms. The van der Waals surface area contributed by atoms with Crippen molar-refractivity contribution in [1.82, 2.24) is 0 Å². The molecule has 1 N–H and O–H groups in total. The Hall–Kier alpha value is -5.51. The zero-order chi connectivity index (χ0) is 36.6. The standard InChI is InChI=1S/C43H42O9/c1-42(2)35-23-26(41(45)51-22-21-50-20-19-44)7-16-31(35)38-33-24-36(48-5)37(49-6)25-34(33)40-32(39(38)42)17-18-43(52-40,27-8-12-29(46-3)13-9-27)28-10-14-30(47-4)15-11-28/h7-18,23-25,44H,19-22H2,1-6H3. The summed E-state index contributed by atoms with van der Waals surface area (Å²) in [6.45, 7) is 4.74. The minimum atomic E-state index is -1.01. The van der Waals surface area contributed by atoms with Crippen LogP contribution in [0.3, 0.4) is 0 Å². The van der Waals surface area contributed by atoms with Crippen LogP contribution >= 0.6 is 0 Å². The second-order valence-electron chi connectivity index (χ2n) is 13.2. The highest BCUT2D eigenvalue weighted by Gasteiger charge is 2.45. The minimum absolute atomic E-state index is 0.0877. The first-order valence-corrected chi connectivity index (χ1v) is 17.1. The molecule has 9 nitrogen and oxygen atoms in total. The molecule has 0 fully saturated rings. The van der Waals surface area contributed by atoms with E-state index in [-0.39, 0.29) is 26.4 Å². The van der Waals surface area contributed by atoms with Gasteiger partial charge in [0.05, 0.1) is 53.8 Å². The van der Waals surface area contributed by atoms with Crippen molar-refractivity contribution >= 4 is 22.8 Å². The molecule has 0 saturated carbocycles. The molecule has 2 aliphatic rings. The van der Waals surface area contributed by atoms with E-state index < -0.39 is 17.0 Å². The van der Waals surface area contributed by atoms with Gasteiger partial charge in [-0.05, 0) is 82.2 Å². The SMILES string of the molecule is COc1ccc(C2(c3ccc(OC)cc3)C=Cc3c4c(c5cc(OC)c(OC)cc5c3O2)-c2ccc(C(=O)OCCOCCO)cc2C4(C)C)cc1. The van der Waals surface area contributed by atoms with E-state index in [0.29, 0.717) is 22.8 Å². The molecule has 1 aliphatic carbocycles. The fourth-order valence-electron chi connectivity index (χ4n) is 7.53. The van der Waals surface area contributed by atoms with E-state index in [1.54, 1.807) is 34.5 Å². The third kappa shape index (κ3) is 5.70. The van der Waals surface area contributed by atoms with Crippen LogP contribution in [0.15, 0.2) is 84.9 Å². The van der Waals surface area contributed by atoms with Gasteiger partial charge >= 0.3 is 5.97 Å². The number of esters is 1. The van der Waals surface area contributed by atoms with Gasteiger partial charge in [0.2, 0.25) is 0 Å². The van der Waals surface area contributed by atoms with Crippen LogP contribution in [-0.2, 0) is 20.5 Å². The van der Waals surface area contributed by atoms with Crippen LogP contribution in [0.2, 0.25) is 0 Å². The van der Waals surface area contributed by atoms with Gasteiger partial charge in [-0.25, -0.2) is 4.79 Å². The number of hydrogen-bond donors (Lipinski definition) is 1. The smallest absolute Gasteiger partial charge is 0.338 e. The Kier molecular flexibility index (Phi) is 9.33. The summed E-state index contributed by atoms with van der Waals surface area (Å²) in [5, 5.41) is 10.8. The lowest BCUT2D eigenvalue weighted by Crippen LogP contribution is -2.35. The first-order chi connectivity index (χ1) is 25.2. The average Bonchev–Trinajstić information content (AvgIpc) is 3.42. The highest BCUT2D eigenvalue weighted by molar-refractivity contribution is 6.10. The quantitative estimate of drug-likeness (QED) is 0.104. The third-order valence-corrected chi connectivity index (χ3v) is 10.1. The zero-order valence-electron chi connectivity index (χ0n) is 30.2. The monoisotopic (exact) mass is 702 g/mol. The van der Waals surface area contributed by atoms with Gasteiger partial charge in [0.15, 0.2) is 17.1 Å². The summed E-state index contributed by atoms with van der Waals surface area (Å²) in [7, 11) is 6.56. The van der Waals surface area contributed by atoms with Gasteiger partial charge in [-0.2, -0.15) is 0 Å². The van der Waals surface area contributed by atoms with E-state index >= 15 is 0 Å². The van der Waals surface area contributed by atoms with Crippen molar-refractivity contribution in [2.75, 3.05) is 54.9 Å². The number of carbonyl (C=O) groups excluding carboxylic acids is 1. The Labute approximate surface area is 303 Å². The molecule has 0 spiro atoms.